The summed E-state index contributed by atoms with van der Waals surface area (Å²) in [6, 6.07) is 0. The Morgan fingerprint density at radius 3 is 2.86 bits per heavy atom. The number of anilines is 1. The lowest BCUT2D eigenvalue weighted by Crippen LogP contribution is -2.10. The predicted octanol–water partition coefficient (Wildman–Crippen LogP) is 1.04. The summed E-state index contributed by atoms with van der Waals surface area (Å²) >= 11 is 0. The first kappa shape index (κ1) is 16.8. The average Bonchev–Trinajstić information content (AvgIpc) is 3.05. The maximum Gasteiger partial charge on any atom is 0.345 e. The number of hydrogen-bond acceptors (Lipinski definition) is 8. The molecule has 0 unspecified atom stereocenters. The van der Waals surface area contributed by atoms with Crippen molar-refractivity contribution in [2.75, 3.05) is 25.6 Å². The largest absolute Gasteiger partial charge is 0.467 e. The van der Waals surface area contributed by atoms with E-state index in [-0.39, 0.29) is 43.0 Å². The van der Waals surface area contributed by atoms with Gasteiger partial charge < -0.3 is 18.9 Å². The smallest absolute Gasteiger partial charge is 0.345 e. The minimum atomic E-state index is -0.504. The molecule has 0 fully saturated rings. The zero-order chi connectivity index (χ0) is 14.5. The Bertz CT molecular complexity index is 583. The number of carbonyl (C=O) groups excluding carboxylic acids is 1. The first-order valence-corrected chi connectivity index (χ1v) is 5.95. The predicted molar refractivity (Wildman–Crippen MR) is 74.7 cm³/mol. The van der Waals surface area contributed by atoms with Gasteiger partial charge in [0, 0.05) is 14.1 Å². The number of rotatable bonds is 6. The van der Waals surface area contributed by atoms with E-state index in [1.54, 1.807) is 25.9 Å². The van der Waals surface area contributed by atoms with Gasteiger partial charge in [0.2, 0.25) is 5.88 Å². The van der Waals surface area contributed by atoms with Gasteiger partial charge in [-0.05, 0) is 12.1 Å². The molecule has 0 aromatic carbocycles. The van der Waals surface area contributed by atoms with E-state index < -0.39 is 5.97 Å². The van der Waals surface area contributed by atoms with Crippen LogP contribution in [0.1, 0.15) is 23.2 Å². The Labute approximate surface area is 127 Å². The molecule has 9 nitrogen and oxygen atoms in total. The van der Waals surface area contributed by atoms with Gasteiger partial charge in [0.1, 0.15) is 5.56 Å². The van der Waals surface area contributed by atoms with Crippen LogP contribution in [0.3, 0.4) is 0 Å². The second kappa shape index (κ2) is 7.48. The van der Waals surface area contributed by atoms with Gasteiger partial charge in [-0.2, -0.15) is 10.1 Å². The van der Waals surface area contributed by atoms with E-state index in [0.717, 1.165) is 0 Å². The number of aromatic nitrogens is 4. The summed E-state index contributed by atoms with van der Waals surface area (Å²) < 4.78 is 15.3. The number of aromatic amines is 1. The minimum Gasteiger partial charge on any atom is -0.467 e. The highest BCUT2D eigenvalue weighted by atomic mass is 35.5. The number of nitrogens with one attached hydrogen (secondary N) is 1. The van der Waals surface area contributed by atoms with Crippen LogP contribution in [0, 0.1) is 0 Å². The molecule has 2 rings (SSSR count). The molecule has 0 aliphatic rings. The first-order valence-electron chi connectivity index (χ1n) is 5.95. The molecule has 0 saturated carbocycles. The molecule has 0 atom stereocenters. The number of H-pyrrole nitrogens is 1. The van der Waals surface area contributed by atoms with Crippen molar-refractivity contribution in [3.63, 3.8) is 0 Å². The molecule has 116 valence electrons. The van der Waals surface area contributed by atoms with Gasteiger partial charge >= 0.3 is 5.97 Å². The summed E-state index contributed by atoms with van der Waals surface area (Å²) in [7, 11) is 3.59. The molecule has 21 heavy (non-hydrogen) atoms. The molecule has 0 bridgehead atoms. The van der Waals surface area contributed by atoms with Crippen molar-refractivity contribution in [1.29, 1.82) is 0 Å². The van der Waals surface area contributed by atoms with Crippen molar-refractivity contribution in [3.05, 3.63) is 17.7 Å². The third-order valence-corrected chi connectivity index (χ3v) is 2.30. The van der Waals surface area contributed by atoms with E-state index in [4.69, 9.17) is 14.0 Å². The van der Waals surface area contributed by atoms with Crippen molar-refractivity contribution in [3.8, 4) is 5.88 Å². The van der Waals surface area contributed by atoms with Crippen LogP contribution in [0.5, 0.6) is 5.88 Å². The molecule has 2 aromatic heterocycles. The molecule has 0 spiro atoms. The Kier molecular flexibility index (Phi) is 5.97. The maximum atomic E-state index is 11.6. The number of carbonyl (C=O) groups is 1. The molecule has 1 N–H and O–H groups in total. The van der Waals surface area contributed by atoms with Crippen molar-refractivity contribution in [2.24, 2.45) is 0 Å². The van der Waals surface area contributed by atoms with Crippen LogP contribution < -0.4 is 9.64 Å². The molecule has 0 radical (unpaired) electrons. The highest BCUT2D eigenvalue weighted by Crippen LogP contribution is 2.17. The molecule has 0 aliphatic heterocycles. The Morgan fingerprint density at radius 1 is 1.48 bits per heavy atom. The monoisotopic (exact) mass is 317 g/mol. The van der Waals surface area contributed by atoms with Crippen molar-refractivity contribution < 1.29 is 18.8 Å². The van der Waals surface area contributed by atoms with E-state index in [0.29, 0.717) is 5.95 Å². The summed E-state index contributed by atoms with van der Waals surface area (Å²) in [4.78, 5) is 17.4. The van der Waals surface area contributed by atoms with E-state index in [1.807, 2.05) is 0 Å². The Hall–Kier alpha value is -2.29. The van der Waals surface area contributed by atoms with Gasteiger partial charge in [-0.25, -0.2) is 9.89 Å². The average molecular weight is 318 g/mol. The minimum absolute atomic E-state index is 0. The van der Waals surface area contributed by atoms with Crippen LogP contribution in [-0.4, -0.2) is 47.0 Å². The van der Waals surface area contributed by atoms with Crippen LogP contribution in [0.4, 0.5) is 5.95 Å². The molecule has 0 aliphatic carbocycles. The number of nitrogens with zero attached hydrogens (tertiary/aromatic N) is 4. The van der Waals surface area contributed by atoms with Gasteiger partial charge in [-0.15, -0.1) is 12.4 Å². The SMILES string of the molecule is CCOC(=O)c1cn[nH]c1OCc1nc(N(C)C)no1.Cl. The van der Waals surface area contributed by atoms with E-state index in [9.17, 15) is 4.79 Å². The molecule has 0 saturated heterocycles. The van der Waals surface area contributed by atoms with Gasteiger partial charge in [0.15, 0.2) is 6.61 Å². The van der Waals surface area contributed by atoms with Crippen molar-refractivity contribution in [1.82, 2.24) is 20.3 Å². The van der Waals surface area contributed by atoms with Crippen molar-refractivity contribution >= 4 is 24.3 Å². The zero-order valence-corrected chi connectivity index (χ0v) is 12.6. The topological polar surface area (TPSA) is 106 Å². The maximum absolute atomic E-state index is 11.6. The van der Waals surface area contributed by atoms with Crippen molar-refractivity contribution in [2.45, 2.75) is 13.5 Å². The normalized spacial score (nSPS) is 9.86. The number of ether oxygens (including phenoxy) is 2. The summed E-state index contributed by atoms with van der Waals surface area (Å²) in [5.74, 6) is 0.431. The van der Waals surface area contributed by atoms with Crippen LogP contribution >= 0.6 is 12.4 Å². The first-order chi connectivity index (χ1) is 9.61. The lowest BCUT2D eigenvalue weighted by atomic mass is 10.3. The van der Waals surface area contributed by atoms with Crippen LogP contribution in [-0.2, 0) is 11.3 Å². The molecule has 10 heteroatoms. The lowest BCUT2D eigenvalue weighted by Gasteiger charge is -2.04. The summed E-state index contributed by atoms with van der Waals surface area (Å²) in [5.41, 5.74) is 0.221. The molecule has 2 heterocycles. The highest BCUT2D eigenvalue weighted by molar-refractivity contribution is 5.91. The van der Waals surface area contributed by atoms with Crippen LogP contribution in [0.25, 0.3) is 0 Å². The Morgan fingerprint density at radius 2 is 2.24 bits per heavy atom. The molecular formula is C11H16ClN5O4. The summed E-state index contributed by atoms with van der Waals surface area (Å²) in [5, 5.41) is 10.1. The quantitative estimate of drug-likeness (QED) is 0.787. The van der Waals surface area contributed by atoms with E-state index >= 15 is 0 Å². The summed E-state index contributed by atoms with van der Waals surface area (Å²) in [6.45, 7) is 2.02. The second-order valence-corrected chi connectivity index (χ2v) is 4.00. The van der Waals surface area contributed by atoms with E-state index in [2.05, 4.69) is 20.3 Å². The molecule has 0 amide bonds. The molecular weight excluding hydrogens is 302 g/mol. The van der Waals surface area contributed by atoms with Gasteiger partial charge in [-0.1, -0.05) is 0 Å². The second-order valence-electron chi connectivity index (χ2n) is 4.00. The third kappa shape index (κ3) is 4.09. The molecule has 2 aromatic rings. The zero-order valence-electron chi connectivity index (χ0n) is 11.8. The number of esters is 1. The van der Waals surface area contributed by atoms with Gasteiger partial charge in [0.25, 0.3) is 11.8 Å². The number of halogens is 1. The Balaban J connectivity index is 0.00000220. The third-order valence-electron chi connectivity index (χ3n) is 2.30. The highest BCUT2D eigenvalue weighted by Gasteiger charge is 2.17. The fourth-order valence-electron chi connectivity index (χ4n) is 1.36. The lowest BCUT2D eigenvalue weighted by molar-refractivity contribution is 0.0520. The fourth-order valence-corrected chi connectivity index (χ4v) is 1.36. The standard InChI is InChI=1S/C11H15N5O4.ClH/c1-4-18-10(17)7-5-12-14-9(7)19-6-8-13-11(15-20-8)16(2)3;/h5H,4,6H2,1-3H3,(H,12,14);1H. The van der Waals surface area contributed by atoms with Gasteiger partial charge in [-0.3, -0.25) is 0 Å². The van der Waals surface area contributed by atoms with Gasteiger partial charge in [0.05, 0.1) is 12.8 Å². The van der Waals surface area contributed by atoms with Crippen LogP contribution in [0.15, 0.2) is 10.7 Å². The number of hydrogen-bond donors (Lipinski definition) is 1. The van der Waals surface area contributed by atoms with E-state index in [1.165, 1.54) is 6.20 Å². The van der Waals surface area contributed by atoms with Crippen LogP contribution in [0.2, 0.25) is 0 Å². The summed E-state index contributed by atoms with van der Waals surface area (Å²) in [6.07, 6.45) is 1.34. The fraction of sp³-hybridized carbons (Fsp3) is 0.455.